The SMILES string of the molecule is SCC1CCC(CSSCC2CCC(CS)CC2)CC1. The maximum absolute atomic E-state index is 4.44. The van der Waals surface area contributed by atoms with Gasteiger partial charge >= 0.3 is 0 Å². The molecule has 0 spiro atoms. The van der Waals surface area contributed by atoms with Crippen LogP contribution >= 0.6 is 46.8 Å². The maximum Gasteiger partial charge on any atom is 0.00653 e. The van der Waals surface area contributed by atoms with Crippen LogP contribution in [0.15, 0.2) is 0 Å². The van der Waals surface area contributed by atoms with Gasteiger partial charge in [-0.25, -0.2) is 0 Å². The van der Waals surface area contributed by atoms with E-state index in [0.717, 1.165) is 35.2 Å². The van der Waals surface area contributed by atoms with Crippen LogP contribution in [0.1, 0.15) is 51.4 Å². The first-order valence-electron chi connectivity index (χ1n) is 8.28. The molecule has 2 aliphatic carbocycles. The number of hydrogen-bond acceptors (Lipinski definition) is 4. The lowest BCUT2D eigenvalue weighted by Gasteiger charge is -2.28. The van der Waals surface area contributed by atoms with Gasteiger partial charge in [-0.05, 0) is 86.5 Å². The summed E-state index contributed by atoms with van der Waals surface area (Å²) in [6, 6.07) is 0. The van der Waals surface area contributed by atoms with Crippen molar-refractivity contribution in [1.82, 2.24) is 0 Å². The number of hydrogen-bond donors (Lipinski definition) is 2. The van der Waals surface area contributed by atoms with Crippen molar-refractivity contribution >= 4 is 46.8 Å². The fourth-order valence-corrected chi connectivity index (χ4v) is 7.16. The van der Waals surface area contributed by atoms with Crippen molar-refractivity contribution in [3.8, 4) is 0 Å². The molecule has 0 aromatic carbocycles. The highest BCUT2D eigenvalue weighted by Gasteiger charge is 2.22. The molecule has 20 heavy (non-hydrogen) atoms. The minimum Gasteiger partial charge on any atom is -0.179 e. The van der Waals surface area contributed by atoms with Gasteiger partial charge < -0.3 is 0 Å². The highest BCUT2D eigenvalue weighted by molar-refractivity contribution is 8.76. The molecule has 0 aromatic heterocycles. The van der Waals surface area contributed by atoms with Crippen molar-refractivity contribution in [3.63, 3.8) is 0 Å². The van der Waals surface area contributed by atoms with E-state index in [1.54, 1.807) is 0 Å². The summed E-state index contributed by atoms with van der Waals surface area (Å²) in [5.41, 5.74) is 0. The van der Waals surface area contributed by atoms with Crippen LogP contribution in [0.5, 0.6) is 0 Å². The third kappa shape index (κ3) is 6.26. The van der Waals surface area contributed by atoms with E-state index in [-0.39, 0.29) is 0 Å². The first-order valence-corrected chi connectivity index (χ1v) is 12.0. The molecule has 0 saturated heterocycles. The van der Waals surface area contributed by atoms with Crippen LogP contribution in [0.4, 0.5) is 0 Å². The average molecular weight is 351 g/mol. The Morgan fingerprint density at radius 1 is 0.550 bits per heavy atom. The Morgan fingerprint density at radius 2 is 0.850 bits per heavy atom. The maximum atomic E-state index is 4.44. The van der Waals surface area contributed by atoms with Gasteiger partial charge in [-0.2, -0.15) is 25.3 Å². The topological polar surface area (TPSA) is 0 Å². The normalized spacial score (nSPS) is 35.1. The number of thiol groups is 2. The van der Waals surface area contributed by atoms with E-state index in [9.17, 15) is 0 Å². The molecule has 4 heteroatoms. The summed E-state index contributed by atoms with van der Waals surface area (Å²) in [5, 5.41) is 0. The van der Waals surface area contributed by atoms with E-state index >= 15 is 0 Å². The van der Waals surface area contributed by atoms with E-state index in [1.165, 1.54) is 62.9 Å². The van der Waals surface area contributed by atoms with Gasteiger partial charge in [0.1, 0.15) is 0 Å². The van der Waals surface area contributed by atoms with Gasteiger partial charge in [-0.3, -0.25) is 0 Å². The van der Waals surface area contributed by atoms with Gasteiger partial charge in [0, 0.05) is 11.5 Å². The Balaban J connectivity index is 1.48. The second-order valence-corrected chi connectivity index (χ2v) is 9.99. The zero-order chi connectivity index (χ0) is 14.2. The Bertz CT molecular complexity index is 217. The fraction of sp³-hybridized carbons (Fsp3) is 1.00. The molecule has 2 fully saturated rings. The summed E-state index contributed by atoms with van der Waals surface area (Å²) in [5.74, 6) is 8.77. The molecule has 0 aromatic rings. The third-order valence-corrected chi connectivity index (χ3v) is 8.87. The third-order valence-electron chi connectivity index (χ3n) is 5.14. The van der Waals surface area contributed by atoms with Crippen LogP contribution in [0.2, 0.25) is 0 Å². The first-order chi connectivity index (χ1) is 9.81. The lowest BCUT2D eigenvalue weighted by atomic mass is 9.84. The minimum atomic E-state index is 0.911. The Hall–Kier alpha value is 1.40. The van der Waals surface area contributed by atoms with Crippen molar-refractivity contribution < 1.29 is 0 Å². The lowest BCUT2D eigenvalue weighted by molar-refractivity contribution is 0.315. The zero-order valence-corrected chi connectivity index (χ0v) is 15.9. The molecule has 0 heterocycles. The summed E-state index contributed by atoms with van der Waals surface area (Å²) < 4.78 is 0. The van der Waals surface area contributed by atoms with Crippen LogP contribution in [0.25, 0.3) is 0 Å². The molecule has 0 radical (unpaired) electrons. The van der Waals surface area contributed by atoms with Crippen LogP contribution in [0.3, 0.4) is 0 Å². The highest BCUT2D eigenvalue weighted by atomic mass is 33.1. The van der Waals surface area contributed by atoms with E-state index in [0.29, 0.717) is 0 Å². The smallest absolute Gasteiger partial charge is 0.00653 e. The van der Waals surface area contributed by atoms with E-state index in [4.69, 9.17) is 0 Å². The quantitative estimate of drug-likeness (QED) is 0.336. The Morgan fingerprint density at radius 3 is 1.15 bits per heavy atom. The fourth-order valence-electron chi connectivity index (χ4n) is 3.45. The van der Waals surface area contributed by atoms with E-state index in [2.05, 4.69) is 46.8 Å². The minimum absolute atomic E-state index is 0.911. The van der Waals surface area contributed by atoms with Gasteiger partial charge in [0.25, 0.3) is 0 Å². The van der Waals surface area contributed by atoms with Gasteiger partial charge in [-0.1, -0.05) is 21.6 Å². The standard InChI is InChI=1S/C16H30S4/c17-9-13-1-5-15(6-2-13)11-19-20-12-16-7-3-14(10-18)4-8-16/h13-18H,1-12H2. The predicted octanol–water partition coefficient (Wildman–Crippen LogP) is 5.84. The monoisotopic (exact) mass is 350 g/mol. The van der Waals surface area contributed by atoms with Crippen molar-refractivity contribution in [3.05, 3.63) is 0 Å². The van der Waals surface area contributed by atoms with Crippen molar-refractivity contribution in [1.29, 1.82) is 0 Å². The first kappa shape index (κ1) is 17.7. The summed E-state index contributed by atoms with van der Waals surface area (Å²) in [6.45, 7) is 0. The van der Waals surface area contributed by atoms with Crippen LogP contribution < -0.4 is 0 Å². The Kier molecular flexibility index (Phi) is 9.08. The molecular weight excluding hydrogens is 320 g/mol. The van der Waals surface area contributed by atoms with E-state index < -0.39 is 0 Å². The lowest BCUT2D eigenvalue weighted by Crippen LogP contribution is -2.18. The molecule has 2 aliphatic rings. The van der Waals surface area contributed by atoms with Crippen molar-refractivity contribution in [2.75, 3.05) is 23.0 Å². The molecule has 0 nitrogen and oxygen atoms in total. The molecule has 0 aliphatic heterocycles. The summed E-state index contributed by atoms with van der Waals surface area (Å²) >= 11 is 8.87. The molecule has 0 amide bonds. The van der Waals surface area contributed by atoms with Crippen LogP contribution in [-0.4, -0.2) is 23.0 Å². The summed E-state index contributed by atoms with van der Waals surface area (Å²) in [4.78, 5) is 0. The molecule has 0 N–H and O–H groups in total. The van der Waals surface area contributed by atoms with Crippen molar-refractivity contribution in [2.45, 2.75) is 51.4 Å². The summed E-state index contributed by atoms with van der Waals surface area (Å²) in [7, 11) is 4.30. The Labute approximate surface area is 144 Å². The zero-order valence-electron chi connectivity index (χ0n) is 12.5. The average Bonchev–Trinajstić information content (AvgIpc) is 2.53. The molecule has 2 rings (SSSR count). The van der Waals surface area contributed by atoms with Gasteiger partial charge in [-0.15, -0.1) is 0 Å². The second-order valence-electron chi connectivity index (χ2n) is 6.71. The van der Waals surface area contributed by atoms with Gasteiger partial charge in [0.05, 0.1) is 0 Å². The largest absolute Gasteiger partial charge is 0.179 e. The highest BCUT2D eigenvalue weighted by Crippen LogP contribution is 2.37. The van der Waals surface area contributed by atoms with Gasteiger partial charge in [0.2, 0.25) is 0 Å². The molecule has 118 valence electrons. The molecule has 0 unspecified atom stereocenters. The molecule has 0 bridgehead atoms. The second kappa shape index (κ2) is 10.2. The number of rotatable bonds is 7. The van der Waals surface area contributed by atoms with Crippen LogP contribution in [-0.2, 0) is 0 Å². The predicted molar refractivity (Wildman–Crippen MR) is 104 cm³/mol. The van der Waals surface area contributed by atoms with Crippen LogP contribution in [0, 0.1) is 23.7 Å². The molecule has 0 atom stereocenters. The van der Waals surface area contributed by atoms with Gasteiger partial charge in [0.15, 0.2) is 0 Å². The summed E-state index contributed by atoms with van der Waals surface area (Å²) in [6.07, 6.45) is 11.5. The van der Waals surface area contributed by atoms with Crippen molar-refractivity contribution in [2.24, 2.45) is 23.7 Å². The van der Waals surface area contributed by atoms with E-state index in [1.807, 2.05) is 0 Å². The molecular formula is C16H30S4. The molecule has 2 saturated carbocycles.